The maximum absolute atomic E-state index is 13.1. The first-order chi connectivity index (χ1) is 15.0. The van der Waals surface area contributed by atoms with Crippen molar-refractivity contribution in [1.82, 2.24) is 10.2 Å². The number of nitrogens with one attached hydrogen (secondary N) is 1. The molecule has 4 rings (SSSR count). The minimum atomic E-state index is -0.719. The molecule has 3 aromatic carbocycles. The maximum atomic E-state index is 13.1. The van der Waals surface area contributed by atoms with Gasteiger partial charge in [0.05, 0.1) is 12.6 Å². The molecule has 0 bridgehead atoms. The highest BCUT2D eigenvalue weighted by Gasteiger charge is 2.33. The number of halogens is 1. The van der Waals surface area contributed by atoms with Crippen LogP contribution in [0.3, 0.4) is 0 Å². The summed E-state index contributed by atoms with van der Waals surface area (Å²) in [5, 5.41) is 2.89. The molecule has 0 radical (unpaired) electrons. The average molecular weight is 418 g/mol. The van der Waals surface area contributed by atoms with Crippen LogP contribution in [0, 0.1) is 5.82 Å². The minimum absolute atomic E-state index is 0.0267. The predicted octanol–water partition coefficient (Wildman–Crippen LogP) is 3.94. The quantitative estimate of drug-likeness (QED) is 0.658. The molecule has 3 amide bonds. The molecule has 0 saturated carbocycles. The molecule has 0 aliphatic carbocycles. The Kier molecular flexibility index (Phi) is 5.75. The van der Waals surface area contributed by atoms with Crippen molar-refractivity contribution in [2.24, 2.45) is 0 Å². The Hall–Kier alpha value is -4.00. The lowest BCUT2D eigenvalue weighted by Crippen LogP contribution is -2.40. The highest BCUT2D eigenvalue weighted by molar-refractivity contribution is 5.98. The van der Waals surface area contributed by atoms with Gasteiger partial charge < -0.3 is 10.1 Å². The summed E-state index contributed by atoms with van der Waals surface area (Å²) in [6.07, 6.45) is -0.719. The van der Waals surface area contributed by atoms with Crippen LogP contribution in [0.2, 0.25) is 0 Å². The molecule has 1 N–H and O–H groups in total. The third-order valence-electron chi connectivity index (χ3n) is 5.04. The predicted molar refractivity (Wildman–Crippen MR) is 112 cm³/mol. The van der Waals surface area contributed by atoms with Crippen molar-refractivity contribution in [1.29, 1.82) is 0 Å². The number of amides is 3. The second-order valence-corrected chi connectivity index (χ2v) is 7.08. The third kappa shape index (κ3) is 4.61. The molecule has 1 saturated heterocycles. The van der Waals surface area contributed by atoms with Crippen LogP contribution in [-0.2, 0) is 9.53 Å². The molecule has 1 atom stereocenters. The van der Waals surface area contributed by atoms with Crippen molar-refractivity contribution >= 4 is 17.9 Å². The van der Waals surface area contributed by atoms with E-state index in [0.717, 1.165) is 21.6 Å². The van der Waals surface area contributed by atoms with Gasteiger partial charge in [-0.3, -0.25) is 9.59 Å². The first kappa shape index (κ1) is 20.3. The molecule has 156 valence electrons. The van der Waals surface area contributed by atoms with Gasteiger partial charge in [-0.1, -0.05) is 54.6 Å². The Morgan fingerprint density at radius 2 is 1.55 bits per heavy atom. The summed E-state index contributed by atoms with van der Waals surface area (Å²) in [5.74, 6) is -1.10. The van der Waals surface area contributed by atoms with E-state index in [4.69, 9.17) is 4.74 Å². The van der Waals surface area contributed by atoms with Crippen LogP contribution < -0.4 is 5.32 Å². The molecule has 0 spiro atoms. The average Bonchev–Trinajstić information content (AvgIpc) is 3.12. The molecule has 31 heavy (non-hydrogen) atoms. The zero-order valence-electron chi connectivity index (χ0n) is 16.5. The number of carbonyl (C=O) groups excluding carboxylic acids is 3. The van der Waals surface area contributed by atoms with Gasteiger partial charge in [-0.05, 0) is 41.0 Å². The van der Waals surface area contributed by atoms with E-state index in [1.54, 1.807) is 36.4 Å². The zero-order chi connectivity index (χ0) is 21.8. The van der Waals surface area contributed by atoms with E-state index in [-0.39, 0.29) is 24.9 Å². The lowest BCUT2D eigenvalue weighted by atomic mass is 10.0. The third-order valence-corrected chi connectivity index (χ3v) is 5.04. The standard InChI is InChI=1S/C24H19FN2O4/c25-20-12-10-17(11-13-20)16-6-8-19(9-7-16)23(29)26-21(18-4-2-1-3-5-18)14-27-22(28)15-31-24(27)30/h1-13,21H,14-15H2,(H,26,29). The molecule has 3 aromatic rings. The molecule has 1 heterocycles. The fourth-order valence-corrected chi connectivity index (χ4v) is 3.36. The second kappa shape index (κ2) is 8.79. The molecule has 7 heteroatoms. The van der Waals surface area contributed by atoms with Crippen molar-refractivity contribution in [3.63, 3.8) is 0 Å². The number of hydrogen-bond acceptors (Lipinski definition) is 4. The summed E-state index contributed by atoms with van der Waals surface area (Å²) in [6, 6.07) is 21.5. The van der Waals surface area contributed by atoms with Crippen LogP contribution in [0.5, 0.6) is 0 Å². The van der Waals surface area contributed by atoms with Crippen LogP contribution >= 0.6 is 0 Å². The SMILES string of the molecule is O=C(NC(CN1C(=O)COC1=O)c1ccccc1)c1ccc(-c2ccc(F)cc2)cc1. The summed E-state index contributed by atoms with van der Waals surface area (Å²) in [5.41, 5.74) is 2.86. The zero-order valence-corrected chi connectivity index (χ0v) is 16.5. The van der Waals surface area contributed by atoms with Gasteiger partial charge in [0.25, 0.3) is 11.8 Å². The Bertz CT molecular complexity index is 1080. The number of hydrogen-bond donors (Lipinski definition) is 1. The molecule has 1 unspecified atom stereocenters. The smallest absolute Gasteiger partial charge is 0.417 e. The van der Waals surface area contributed by atoms with E-state index >= 15 is 0 Å². The minimum Gasteiger partial charge on any atom is -0.439 e. The summed E-state index contributed by atoms with van der Waals surface area (Å²) >= 11 is 0. The Morgan fingerprint density at radius 1 is 0.935 bits per heavy atom. The molecule has 1 aliphatic rings. The highest BCUT2D eigenvalue weighted by atomic mass is 19.1. The number of nitrogens with zero attached hydrogens (tertiary/aromatic N) is 1. The lowest BCUT2D eigenvalue weighted by molar-refractivity contribution is -0.126. The van der Waals surface area contributed by atoms with Gasteiger partial charge >= 0.3 is 6.09 Å². The van der Waals surface area contributed by atoms with Gasteiger partial charge in [0.1, 0.15) is 5.82 Å². The van der Waals surface area contributed by atoms with Crippen molar-refractivity contribution in [2.75, 3.05) is 13.2 Å². The molecule has 1 aliphatic heterocycles. The number of imide groups is 1. The molecule has 1 fully saturated rings. The summed E-state index contributed by atoms with van der Waals surface area (Å²) in [6.45, 7) is -0.319. The van der Waals surface area contributed by atoms with Crippen molar-refractivity contribution in [3.05, 3.63) is 95.8 Å². The van der Waals surface area contributed by atoms with E-state index in [1.807, 2.05) is 30.3 Å². The number of carbonyl (C=O) groups is 3. The monoisotopic (exact) mass is 418 g/mol. The van der Waals surface area contributed by atoms with Crippen LogP contribution in [0.25, 0.3) is 11.1 Å². The van der Waals surface area contributed by atoms with E-state index < -0.39 is 18.0 Å². The van der Waals surface area contributed by atoms with E-state index in [2.05, 4.69) is 5.32 Å². The van der Waals surface area contributed by atoms with Crippen molar-refractivity contribution < 1.29 is 23.5 Å². The molecule has 0 aromatic heterocycles. The largest absolute Gasteiger partial charge is 0.439 e. The highest BCUT2D eigenvalue weighted by Crippen LogP contribution is 2.22. The van der Waals surface area contributed by atoms with Gasteiger partial charge in [-0.25, -0.2) is 14.1 Å². The Labute approximate surface area is 178 Å². The first-order valence-electron chi connectivity index (χ1n) is 9.70. The molecular weight excluding hydrogens is 399 g/mol. The second-order valence-electron chi connectivity index (χ2n) is 7.08. The van der Waals surface area contributed by atoms with Gasteiger partial charge in [-0.15, -0.1) is 0 Å². The van der Waals surface area contributed by atoms with Crippen LogP contribution in [0.4, 0.5) is 9.18 Å². The van der Waals surface area contributed by atoms with E-state index in [1.165, 1.54) is 12.1 Å². The summed E-state index contributed by atoms with van der Waals surface area (Å²) in [7, 11) is 0. The summed E-state index contributed by atoms with van der Waals surface area (Å²) < 4.78 is 17.9. The van der Waals surface area contributed by atoms with Crippen LogP contribution in [0.1, 0.15) is 22.0 Å². The number of benzene rings is 3. The van der Waals surface area contributed by atoms with Crippen molar-refractivity contribution in [2.45, 2.75) is 6.04 Å². The van der Waals surface area contributed by atoms with Crippen molar-refractivity contribution in [3.8, 4) is 11.1 Å². The van der Waals surface area contributed by atoms with Crippen LogP contribution in [-0.4, -0.2) is 36.0 Å². The van der Waals surface area contributed by atoms with E-state index in [0.29, 0.717) is 5.56 Å². The normalized spacial score (nSPS) is 14.3. The fraction of sp³-hybridized carbons (Fsp3) is 0.125. The topological polar surface area (TPSA) is 75.7 Å². The number of ether oxygens (including phenoxy) is 1. The number of cyclic esters (lactones) is 1. The molecular formula is C24H19FN2O4. The van der Waals surface area contributed by atoms with Gasteiger partial charge in [0.15, 0.2) is 6.61 Å². The number of rotatable bonds is 6. The van der Waals surface area contributed by atoms with Gasteiger partial charge in [0.2, 0.25) is 0 Å². The Balaban J connectivity index is 1.52. The van der Waals surface area contributed by atoms with Gasteiger partial charge in [-0.2, -0.15) is 0 Å². The lowest BCUT2D eigenvalue weighted by Gasteiger charge is -2.23. The fourth-order valence-electron chi connectivity index (χ4n) is 3.36. The van der Waals surface area contributed by atoms with Gasteiger partial charge in [0, 0.05) is 5.56 Å². The maximum Gasteiger partial charge on any atom is 0.417 e. The van der Waals surface area contributed by atoms with E-state index in [9.17, 15) is 18.8 Å². The van der Waals surface area contributed by atoms with Crippen LogP contribution in [0.15, 0.2) is 78.9 Å². The summed E-state index contributed by atoms with van der Waals surface area (Å²) in [4.78, 5) is 37.7. The Morgan fingerprint density at radius 3 is 2.13 bits per heavy atom. The molecule has 6 nitrogen and oxygen atoms in total. The first-order valence-corrected chi connectivity index (χ1v) is 9.70.